The molecule has 3 N–H and O–H groups in total. The van der Waals surface area contributed by atoms with Gasteiger partial charge in [-0.25, -0.2) is 14.8 Å². The topological polar surface area (TPSA) is 95.3 Å². The quantitative estimate of drug-likeness (QED) is 0.616. The predicted molar refractivity (Wildman–Crippen MR) is 57.1 cm³/mol. The van der Waals surface area contributed by atoms with E-state index in [0.717, 1.165) is 0 Å². The third kappa shape index (κ3) is 3.22. The summed E-state index contributed by atoms with van der Waals surface area (Å²) in [5.41, 5.74) is 0.465. The van der Waals surface area contributed by atoms with Crippen molar-refractivity contribution in [3.8, 4) is 11.8 Å². The molecule has 0 saturated carbocycles. The van der Waals surface area contributed by atoms with Crippen molar-refractivity contribution >= 4 is 11.9 Å². The fourth-order valence-electron chi connectivity index (χ4n) is 1.00. The van der Waals surface area contributed by atoms with Gasteiger partial charge in [-0.05, 0) is 6.92 Å². The summed E-state index contributed by atoms with van der Waals surface area (Å²) in [7, 11) is 0. The van der Waals surface area contributed by atoms with Crippen molar-refractivity contribution in [1.82, 2.24) is 9.97 Å². The van der Waals surface area contributed by atoms with E-state index in [1.54, 1.807) is 6.92 Å². The predicted octanol–water partition coefficient (Wildman–Crippen LogP) is -0.109. The van der Waals surface area contributed by atoms with Gasteiger partial charge >= 0.3 is 5.97 Å². The fraction of sp³-hybridized carbons (Fsp3) is 0.300. The molecule has 0 atom stereocenters. The van der Waals surface area contributed by atoms with Gasteiger partial charge in [0.2, 0.25) is 5.95 Å². The lowest BCUT2D eigenvalue weighted by atomic mass is 10.2. The van der Waals surface area contributed by atoms with Crippen LogP contribution in [0.15, 0.2) is 6.20 Å². The number of anilines is 1. The van der Waals surface area contributed by atoms with Gasteiger partial charge in [0, 0.05) is 6.20 Å². The average molecular weight is 221 g/mol. The number of hydrogen-bond donors (Lipinski definition) is 3. The molecule has 0 radical (unpaired) electrons. The van der Waals surface area contributed by atoms with Crippen molar-refractivity contribution in [1.29, 1.82) is 0 Å². The highest BCUT2D eigenvalue weighted by Gasteiger charge is 2.08. The molecule has 6 heteroatoms. The van der Waals surface area contributed by atoms with Crippen LogP contribution in [-0.2, 0) is 0 Å². The Morgan fingerprint density at radius 2 is 2.31 bits per heavy atom. The second-order valence-electron chi connectivity index (χ2n) is 2.86. The van der Waals surface area contributed by atoms with Crippen LogP contribution >= 0.6 is 0 Å². The van der Waals surface area contributed by atoms with Crippen LogP contribution in [0.5, 0.6) is 0 Å². The third-order valence-corrected chi connectivity index (χ3v) is 1.75. The van der Waals surface area contributed by atoms with Gasteiger partial charge in [-0.3, -0.25) is 0 Å². The Morgan fingerprint density at radius 3 is 2.88 bits per heavy atom. The molecule has 6 nitrogen and oxygen atoms in total. The maximum Gasteiger partial charge on any atom is 0.339 e. The molecule has 0 amide bonds. The van der Waals surface area contributed by atoms with E-state index in [1.807, 2.05) is 0 Å². The molecule has 1 heterocycles. The van der Waals surface area contributed by atoms with Crippen molar-refractivity contribution in [2.45, 2.75) is 6.92 Å². The first-order valence-electron chi connectivity index (χ1n) is 4.52. The molecular formula is C10H11N3O3. The summed E-state index contributed by atoms with van der Waals surface area (Å²) in [5.74, 6) is 4.35. The molecule has 0 bridgehead atoms. The Hall–Kier alpha value is -2.13. The van der Waals surface area contributed by atoms with Gasteiger partial charge in [0.05, 0.1) is 17.8 Å². The van der Waals surface area contributed by atoms with E-state index in [2.05, 4.69) is 27.1 Å². The average Bonchev–Trinajstić information content (AvgIpc) is 2.24. The summed E-state index contributed by atoms with van der Waals surface area (Å²) in [5, 5.41) is 19.9. The van der Waals surface area contributed by atoms with Crippen LogP contribution in [0.1, 0.15) is 16.1 Å². The van der Waals surface area contributed by atoms with Crippen molar-refractivity contribution < 1.29 is 15.0 Å². The van der Waals surface area contributed by atoms with Crippen molar-refractivity contribution in [3.63, 3.8) is 0 Å². The molecule has 0 aliphatic carbocycles. The number of nitrogens with zero attached hydrogens (tertiary/aromatic N) is 2. The molecular weight excluding hydrogens is 210 g/mol. The summed E-state index contributed by atoms with van der Waals surface area (Å²) >= 11 is 0. The van der Waals surface area contributed by atoms with Gasteiger partial charge in [0.1, 0.15) is 6.61 Å². The molecule has 84 valence electrons. The van der Waals surface area contributed by atoms with Gasteiger partial charge in [-0.2, -0.15) is 0 Å². The normalized spacial score (nSPS) is 9.12. The lowest BCUT2D eigenvalue weighted by Crippen LogP contribution is -2.08. The molecule has 0 unspecified atom stereocenters. The van der Waals surface area contributed by atoms with Crippen LogP contribution in [0.4, 0.5) is 5.95 Å². The summed E-state index contributed by atoms with van der Waals surface area (Å²) in [6, 6.07) is 0. The smallest absolute Gasteiger partial charge is 0.339 e. The van der Waals surface area contributed by atoms with Gasteiger partial charge in [0.25, 0.3) is 0 Å². The van der Waals surface area contributed by atoms with Crippen LogP contribution < -0.4 is 5.32 Å². The zero-order valence-electron chi connectivity index (χ0n) is 8.69. The molecule has 1 aromatic heterocycles. The van der Waals surface area contributed by atoms with Gasteiger partial charge < -0.3 is 15.5 Å². The third-order valence-electron chi connectivity index (χ3n) is 1.75. The monoisotopic (exact) mass is 221 g/mol. The van der Waals surface area contributed by atoms with Gasteiger partial charge in [-0.15, -0.1) is 0 Å². The highest BCUT2D eigenvalue weighted by molar-refractivity contribution is 5.88. The summed E-state index contributed by atoms with van der Waals surface area (Å²) in [6.45, 7) is 1.70. The number of aliphatic hydroxyl groups is 1. The van der Waals surface area contributed by atoms with E-state index in [9.17, 15) is 4.79 Å². The number of carbonyl (C=O) groups is 1. The number of aromatic nitrogens is 2. The van der Waals surface area contributed by atoms with Crippen LogP contribution in [0, 0.1) is 18.8 Å². The van der Waals surface area contributed by atoms with Crippen LogP contribution in [0.2, 0.25) is 0 Å². The Kier molecular flexibility index (Phi) is 4.24. The molecule has 0 aliphatic rings. The number of aliphatic hydroxyl groups excluding tert-OH is 1. The maximum atomic E-state index is 10.7. The molecule has 16 heavy (non-hydrogen) atoms. The lowest BCUT2D eigenvalue weighted by Gasteiger charge is -2.03. The summed E-state index contributed by atoms with van der Waals surface area (Å²) < 4.78 is 0. The molecule has 0 fully saturated rings. The van der Waals surface area contributed by atoms with E-state index >= 15 is 0 Å². The first-order valence-corrected chi connectivity index (χ1v) is 4.52. The van der Waals surface area contributed by atoms with E-state index in [0.29, 0.717) is 18.2 Å². The van der Waals surface area contributed by atoms with Gasteiger partial charge in [0.15, 0.2) is 0 Å². The van der Waals surface area contributed by atoms with E-state index in [1.165, 1.54) is 6.20 Å². The van der Waals surface area contributed by atoms with E-state index < -0.39 is 5.97 Å². The number of hydrogen-bond acceptors (Lipinski definition) is 5. The summed E-state index contributed by atoms with van der Waals surface area (Å²) in [4.78, 5) is 18.5. The lowest BCUT2D eigenvalue weighted by molar-refractivity contribution is 0.0695. The second-order valence-corrected chi connectivity index (χ2v) is 2.86. The SMILES string of the molecule is Cc1nc(NCC#CCO)ncc1C(=O)O. The Bertz CT molecular complexity index is 448. The van der Waals surface area contributed by atoms with Crippen molar-refractivity contribution in [3.05, 3.63) is 17.5 Å². The number of aromatic carboxylic acids is 1. The first-order chi connectivity index (χ1) is 7.65. The fourth-order valence-corrected chi connectivity index (χ4v) is 1.00. The van der Waals surface area contributed by atoms with E-state index in [-0.39, 0.29) is 12.2 Å². The van der Waals surface area contributed by atoms with Crippen LogP contribution in [0.25, 0.3) is 0 Å². The number of rotatable bonds is 3. The molecule has 1 rings (SSSR count). The number of nitrogens with one attached hydrogen (secondary N) is 1. The van der Waals surface area contributed by atoms with Crippen molar-refractivity contribution in [2.75, 3.05) is 18.5 Å². The summed E-state index contributed by atoms with van der Waals surface area (Å²) in [6.07, 6.45) is 1.24. The molecule has 0 saturated heterocycles. The zero-order valence-corrected chi connectivity index (χ0v) is 8.69. The van der Waals surface area contributed by atoms with E-state index in [4.69, 9.17) is 10.2 Å². The number of aryl methyl sites for hydroxylation is 1. The van der Waals surface area contributed by atoms with Crippen LogP contribution in [-0.4, -0.2) is 39.3 Å². The van der Waals surface area contributed by atoms with Crippen LogP contribution in [0.3, 0.4) is 0 Å². The highest BCUT2D eigenvalue weighted by atomic mass is 16.4. The minimum absolute atomic E-state index is 0.0759. The first kappa shape index (κ1) is 11.9. The molecule has 0 spiro atoms. The molecule has 0 aliphatic heterocycles. The zero-order chi connectivity index (χ0) is 12.0. The molecule has 1 aromatic rings. The largest absolute Gasteiger partial charge is 0.478 e. The van der Waals surface area contributed by atoms with Gasteiger partial charge in [-0.1, -0.05) is 11.8 Å². The Morgan fingerprint density at radius 1 is 1.56 bits per heavy atom. The highest BCUT2D eigenvalue weighted by Crippen LogP contribution is 2.06. The maximum absolute atomic E-state index is 10.7. The van der Waals surface area contributed by atoms with Crippen molar-refractivity contribution in [2.24, 2.45) is 0 Å². The Labute approximate surface area is 92.4 Å². The minimum Gasteiger partial charge on any atom is -0.478 e. The number of carboxylic acids is 1. The number of carboxylic acid groups (broad SMARTS) is 1. The second kappa shape index (κ2) is 5.68. The minimum atomic E-state index is -1.05. The Balaban J connectivity index is 2.70. The molecule has 0 aromatic carbocycles. The standard InChI is InChI=1S/C10H11N3O3/c1-7-8(9(15)16)6-12-10(13-7)11-4-2-3-5-14/h6,14H,4-5H2,1H3,(H,15,16)(H,11,12,13).